The molecule has 0 heterocycles. The molecule has 1 rings (SSSR count). The van der Waals surface area contributed by atoms with Crippen molar-refractivity contribution in [2.24, 2.45) is 0 Å². The summed E-state index contributed by atoms with van der Waals surface area (Å²) < 4.78 is 0. The average Bonchev–Trinajstić information content (AvgIpc) is 2.45. The molecule has 4 nitrogen and oxygen atoms in total. The molecule has 4 heteroatoms. The first-order valence-electron chi connectivity index (χ1n) is 7.42. The molecule has 0 aliphatic rings. The summed E-state index contributed by atoms with van der Waals surface area (Å²) in [4.78, 5) is 22.3. The third-order valence-electron chi connectivity index (χ3n) is 3.10. The number of carboxylic acid groups (broad SMARTS) is 1. The van der Waals surface area contributed by atoms with E-state index in [1.54, 1.807) is 24.3 Å². The van der Waals surface area contributed by atoms with Crippen molar-refractivity contribution >= 4 is 23.6 Å². The Bertz CT molecular complexity index is 495. The molecular formula is C17H23NO3. The fraction of sp³-hybridized carbons (Fsp3) is 0.412. The van der Waals surface area contributed by atoms with Gasteiger partial charge in [0, 0.05) is 18.2 Å². The highest BCUT2D eigenvalue weighted by Crippen LogP contribution is 2.13. The summed E-state index contributed by atoms with van der Waals surface area (Å²) in [5.41, 5.74) is 1.44. The van der Waals surface area contributed by atoms with Gasteiger partial charge in [0.05, 0.1) is 0 Å². The van der Waals surface area contributed by atoms with Gasteiger partial charge in [0.1, 0.15) is 0 Å². The Labute approximate surface area is 125 Å². The summed E-state index contributed by atoms with van der Waals surface area (Å²) in [6.07, 6.45) is 8.70. The predicted octanol–water partition coefficient (Wildman–Crippen LogP) is 4.08. The van der Waals surface area contributed by atoms with E-state index in [2.05, 4.69) is 12.2 Å². The molecule has 1 amide bonds. The van der Waals surface area contributed by atoms with Crippen LogP contribution in [0.5, 0.6) is 0 Å². The highest BCUT2D eigenvalue weighted by atomic mass is 16.4. The smallest absolute Gasteiger partial charge is 0.328 e. The molecule has 0 aliphatic carbocycles. The lowest BCUT2D eigenvalue weighted by molar-refractivity contribution is -0.131. The molecule has 0 saturated carbocycles. The Morgan fingerprint density at radius 2 is 1.95 bits per heavy atom. The Morgan fingerprint density at radius 1 is 1.19 bits per heavy atom. The lowest BCUT2D eigenvalue weighted by Crippen LogP contribution is -2.11. The van der Waals surface area contributed by atoms with Crippen molar-refractivity contribution < 1.29 is 14.7 Å². The Morgan fingerprint density at radius 3 is 2.67 bits per heavy atom. The minimum Gasteiger partial charge on any atom is -0.478 e. The topological polar surface area (TPSA) is 66.4 Å². The van der Waals surface area contributed by atoms with Gasteiger partial charge in [-0.05, 0) is 30.2 Å². The molecule has 0 spiro atoms. The van der Waals surface area contributed by atoms with Crippen LogP contribution in [0.25, 0.3) is 6.08 Å². The van der Waals surface area contributed by atoms with Crippen molar-refractivity contribution in [1.29, 1.82) is 0 Å². The van der Waals surface area contributed by atoms with Gasteiger partial charge in [-0.15, -0.1) is 0 Å². The van der Waals surface area contributed by atoms with Crippen LogP contribution >= 0.6 is 0 Å². The number of hydrogen-bond donors (Lipinski definition) is 2. The first-order valence-corrected chi connectivity index (χ1v) is 7.42. The molecule has 0 aliphatic heterocycles. The van der Waals surface area contributed by atoms with Crippen LogP contribution in [-0.4, -0.2) is 17.0 Å². The summed E-state index contributed by atoms with van der Waals surface area (Å²) in [6, 6.07) is 7.14. The summed E-state index contributed by atoms with van der Waals surface area (Å²) in [7, 11) is 0. The third-order valence-corrected chi connectivity index (χ3v) is 3.10. The molecule has 0 aromatic heterocycles. The van der Waals surface area contributed by atoms with E-state index in [1.165, 1.54) is 25.3 Å². The van der Waals surface area contributed by atoms with Crippen LogP contribution in [0.15, 0.2) is 30.3 Å². The molecule has 0 bridgehead atoms. The Kier molecular flexibility index (Phi) is 7.87. The first kappa shape index (κ1) is 17.0. The van der Waals surface area contributed by atoms with Crippen LogP contribution in [-0.2, 0) is 9.59 Å². The molecular weight excluding hydrogens is 266 g/mol. The van der Waals surface area contributed by atoms with E-state index in [0.717, 1.165) is 24.5 Å². The molecule has 1 aromatic carbocycles. The minimum absolute atomic E-state index is 0.00543. The van der Waals surface area contributed by atoms with E-state index in [1.807, 2.05) is 0 Å². The predicted molar refractivity (Wildman–Crippen MR) is 85.1 cm³/mol. The second-order valence-electron chi connectivity index (χ2n) is 5.01. The normalized spacial score (nSPS) is 10.7. The van der Waals surface area contributed by atoms with Gasteiger partial charge in [0.2, 0.25) is 5.91 Å². The number of hydrogen-bond acceptors (Lipinski definition) is 2. The fourth-order valence-electron chi connectivity index (χ4n) is 2.00. The largest absolute Gasteiger partial charge is 0.478 e. The number of carboxylic acids is 1. The van der Waals surface area contributed by atoms with Gasteiger partial charge in [0.25, 0.3) is 0 Å². The number of aliphatic carboxylic acids is 1. The zero-order valence-corrected chi connectivity index (χ0v) is 12.5. The van der Waals surface area contributed by atoms with Crippen molar-refractivity contribution in [3.05, 3.63) is 35.9 Å². The second-order valence-corrected chi connectivity index (χ2v) is 5.01. The highest BCUT2D eigenvalue weighted by Gasteiger charge is 2.02. The van der Waals surface area contributed by atoms with Gasteiger partial charge in [0.15, 0.2) is 0 Å². The Hall–Kier alpha value is -2.10. The minimum atomic E-state index is -0.989. The molecule has 114 valence electrons. The zero-order chi connectivity index (χ0) is 15.5. The van der Waals surface area contributed by atoms with Crippen LogP contribution in [0, 0.1) is 0 Å². The van der Waals surface area contributed by atoms with E-state index in [0.29, 0.717) is 12.1 Å². The van der Waals surface area contributed by atoms with Crippen LogP contribution in [0.3, 0.4) is 0 Å². The van der Waals surface area contributed by atoms with Crippen molar-refractivity contribution in [3.8, 4) is 0 Å². The monoisotopic (exact) mass is 289 g/mol. The van der Waals surface area contributed by atoms with Gasteiger partial charge in [-0.2, -0.15) is 0 Å². The zero-order valence-electron chi connectivity index (χ0n) is 12.5. The average molecular weight is 289 g/mol. The maximum atomic E-state index is 11.8. The van der Waals surface area contributed by atoms with Gasteiger partial charge in [-0.25, -0.2) is 4.79 Å². The summed E-state index contributed by atoms with van der Waals surface area (Å²) >= 11 is 0. The van der Waals surface area contributed by atoms with Crippen LogP contribution in [0.2, 0.25) is 0 Å². The van der Waals surface area contributed by atoms with Gasteiger partial charge in [-0.1, -0.05) is 44.7 Å². The number of carbonyl (C=O) groups excluding carboxylic acids is 1. The van der Waals surface area contributed by atoms with Gasteiger partial charge in [-0.3, -0.25) is 4.79 Å². The maximum absolute atomic E-state index is 11.8. The molecule has 0 unspecified atom stereocenters. The van der Waals surface area contributed by atoms with E-state index in [4.69, 9.17) is 5.11 Å². The quantitative estimate of drug-likeness (QED) is 0.531. The fourth-order valence-corrected chi connectivity index (χ4v) is 2.00. The number of rotatable bonds is 9. The second kappa shape index (κ2) is 9.75. The summed E-state index contributed by atoms with van der Waals surface area (Å²) in [6.45, 7) is 2.17. The first-order chi connectivity index (χ1) is 10.1. The Balaban J connectivity index is 2.41. The number of anilines is 1. The van der Waals surface area contributed by atoms with E-state index in [-0.39, 0.29) is 5.91 Å². The SMILES string of the molecule is CCCCCCCC(=O)Nc1cccc(/C=C/C(=O)O)c1. The summed E-state index contributed by atoms with van der Waals surface area (Å²) in [5, 5.41) is 11.4. The molecule has 0 radical (unpaired) electrons. The van der Waals surface area contributed by atoms with Crippen molar-refractivity contribution in [2.45, 2.75) is 45.4 Å². The molecule has 0 fully saturated rings. The number of unbranched alkanes of at least 4 members (excludes halogenated alkanes) is 4. The van der Waals surface area contributed by atoms with Crippen LogP contribution in [0.4, 0.5) is 5.69 Å². The number of amides is 1. The number of benzene rings is 1. The molecule has 21 heavy (non-hydrogen) atoms. The standard InChI is InChI=1S/C17H23NO3/c1-2-3-4-5-6-10-16(19)18-15-9-7-8-14(13-15)11-12-17(20)21/h7-9,11-13H,2-6,10H2,1H3,(H,18,19)(H,20,21)/b12-11+. The lowest BCUT2D eigenvalue weighted by atomic mass is 10.1. The van der Waals surface area contributed by atoms with E-state index < -0.39 is 5.97 Å². The van der Waals surface area contributed by atoms with Crippen LogP contribution < -0.4 is 5.32 Å². The third kappa shape index (κ3) is 7.92. The van der Waals surface area contributed by atoms with Gasteiger partial charge < -0.3 is 10.4 Å². The molecule has 1 aromatic rings. The molecule has 0 saturated heterocycles. The van der Waals surface area contributed by atoms with Crippen molar-refractivity contribution in [1.82, 2.24) is 0 Å². The summed E-state index contributed by atoms with van der Waals surface area (Å²) in [5.74, 6) is -0.984. The van der Waals surface area contributed by atoms with Crippen molar-refractivity contribution in [3.63, 3.8) is 0 Å². The van der Waals surface area contributed by atoms with E-state index >= 15 is 0 Å². The highest BCUT2D eigenvalue weighted by molar-refractivity contribution is 5.91. The lowest BCUT2D eigenvalue weighted by Gasteiger charge is -2.06. The number of carbonyl (C=O) groups is 2. The molecule has 0 atom stereocenters. The van der Waals surface area contributed by atoms with Gasteiger partial charge >= 0.3 is 5.97 Å². The maximum Gasteiger partial charge on any atom is 0.328 e. The molecule has 2 N–H and O–H groups in total. The number of nitrogens with one attached hydrogen (secondary N) is 1. The van der Waals surface area contributed by atoms with Crippen molar-refractivity contribution in [2.75, 3.05) is 5.32 Å². The van der Waals surface area contributed by atoms with Crippen LogP contribution in [0.1, 0.15) is 51.0 Å². The van der Waals surface area contributed by atoms with E-state index in [9.17, 15) is 9.59 Å².